The van der Waals surface area contributed by atoms with E-state index < -0.39 is 0 Å². The first kappa shape index (κ1) is 25.4. The number of aromatic nitrogens is 2. The summed E-state index contributed by atoms with van der Waals surface area (Å²) in [5.41, 5.74) is 5.98. The third-order valence-electron chi connectivity index (χ3n) is 4.88. The molecule has 2 aromatic carbocycles. The van der Waals surface area contributed by atoms with Crippen LogP contribution >= 0.6 is 24.0 Å². The Labute approximate surface area is 206 Å². The molecule has 3 aromatic rings. The molecule has 32 heavy (non-hydrogen) atoms. The summed E-state index contributed by atoms with van der Waals surface area (Å²) in [6, 6.07) is 17.8. The molecule has 0 spiro atoms. The predicted molar refractivity (Wildman–Crippen MR) is 140 cm³/mol. The van der Waals surface area contributed by atoms with Crippen LogP contribution in [0.5, 0.6) is 0 Å². The maximum atomic E-state index is 12.2. The zero-order valence-electron chi connectivity index (χ0n) is 19.0. The van der Waals surface area contributed by atoms with E-state index in [0.717, 1.165) is 28.2 Å². The van der Waals surface area contributed by atoms with Gasteiger partial charge in [0.05, 0.1) is 11.4 Å². The molecular weight excluding hydrogens is 515 g/mol. The van der Waals surface area contributed by atoms with Crippen molar-refractivity contribution in [1.82, 2.24) is 25.7 Å². The number of halogens is 1. The maximum Gasteiger partial charge on any atom is 0.251 e. The zero-order valence-corrected chi connectivity index (χ0v) is 21.3. The Hall–Kier alpha value is -2.88. The summed E-state index contributed by atoms with van der Waals surface area (Å²) in [4.78, 5) is 16.5. The van der Waals surface area contributed by atoms with E-state index >= 15 is 0 Å². The highest BCUT2D eigenvalue weighted by Gasteiger charge is 2.09. The fourth-order valence-electron chi connectivity index (χ4n) is 3.38. The number of aryl methyl sites for hydroxylation is 3. The van der Waals surface area contributed by atoms with Crippen LogP contribution < -0.4 is 16.0 Å². The first-order valence-corrected chi connectivity index (χ1v) is 10.4. The van der Waals surface area contributed by atoms with Gasteiger partial charge in [0.25, 0.3) is 5.91 Å². The van der Waals surface area contributed by atoms with Crippen molar-refractivity contribution in [3.63, 3.8) is 0 Å². The Morgan fingerprint density at radius 1 is 0.969 bits per heavy atom. The predicted octanol–water partition coefficient (Wildman–Crippen LogP) is 3.51. The Kier molecular flexibility index (Phi) is 9.70. The van der Waals surface area contributed by atoms with Crippen molar-refractivity contribution in [1.29, 1.82) is 0 Å². The van der Waals surface area contributed by atoms with Crippen molar-refractivity contribution in [2.75, 3.05) is 20.1 Å². The number of amides is 1. The number of nitrogens with zero attached hydrogens (tertiary/aromatic N) is 3. The summed E-state index contributed by atoms with van der Waals surface area (Å²) in [5.74, 6) is 0.597. The van der Waals surface area contributed by atoms with Crippen LogP contribution in [0.25, 0.3) is 5.69 Å². The van der Waals surface area contributed by atoms with Crippen molar-refractivity contribution in [3.05, 3.63) is 82.7 Å². The number of rotatable bonds is 7. The molecule has 1 aromatic heterocycles. The lowest BCUT2D eigenvalue weighted by Crippen LogP contribution is -2.41. The van der Waals surface area contributed by atoms with E-state index in [2.05, 4.69) is 51.2 Å². The van der Waals surface area contributed by atoms with E-state index in [9.17, 15) is 4.79 Å². The Morgan fingerprint density at radius 2 is 1.72 bits per heavy atom. The SMILES string of the molecule is CN=C(NCCNC(=O)c1cccc(C)c1)NCc1ccccc1-n1nc(C)cc1C.I. The quantitative estimate of drug-likeness (QED) is 0.183. The zero-order chi connectivity index (χ0) is 22.2. The number of nitrogens with one attached hydrogen (secondary N) is 3. The molecule has 0 bridgehead atoms. The third kappa shape index (κ3) is 6.81. The monoisotopic (exact) mass is 546 g/mol. The van der Waals surface area contributed by atoms with E-state index in [4.69, 9.17) is 0 Å². The van der Waals surface area contributed by atoms with Gasteiger partial charge in [-0.25, -0.2) is 4.68 Å². The standard InChI is InChI=1S/C24H30N6O.HI/c1-17-8-7-10-20(14-17)23(31)26-12-13-27-24(25-4)28-16-21-9-5-6-11-22(21)30-19(3)15-18(2)29-30;/h5-11,14-15H,12-13,16H2,1-4H3,(H,26,31)(H2,25,27,28);1H. The number of carbonyl (C=O) groups excluding carboxylic acids is 1. The molecule has 0 unspecified atom stereocenters. The fourth-order valence-corrected chi connectivity index (χ4v) is 3.38. The van der Waals surface area contributed by atoms with Gasteiger partial charge in [-0.3, -0.25) is 9.79 Å². The van der Waals surface area contributed by atoms with Gasteiger partial charge in [0.15, 0.2) is 5.96 Å². The summed E-state index contributed by atoms with van der Waals surface area (Å²) in [6.07, 6.45) is 0. The van der Waals surface area contributed by atoms with Gasteiger partial charge < -0.3 is 16.0 Å². The molecule has 0 radical (unpaired) electrons. The van der Waals surface area contributed by atoms with Crippen molar-refractivity contribution < 1.29 is 4.79 Å². The van der Waals surface area contributed by atoms with Crippen molar-refractivity contribution >= 4 is 35.8 Å². The molecule has 7 nitrogen and oxygen atoms in total. The van der Waals surface area contributed by atoms with Crippen LogP contribution in [0.15, 0.2) is 59.6 Å². The van der Waals surface area contributed by atoms with Gasteiger partial charge in [-0.15, -0.1) is 24.0 Å². The highest BCUT2D eigenvalue weighted by atomic mass is 127. The smallest absolute Gasteiger partial charge is 0.251 e. The van der Waals surface area contributed by atoms with Gasteiger partial charge in [0.1, 0.15) is 0 Å². The minimum atomic E-state index is -0.0766. The minimum absolute atomic E-state index is 0. The minimum Gasteiger partial charge on any atom is -0.355 e. The second-order valence-corrected chi connectivity index (χ2v) is 7.45. The highest BCUT2D eigenvalue weighted by Crippen LogP contribution is 2.16. The van der Waals surface area contributed by atoms with Crippen LogP contribution in [0.2, 0.25) is 0 Å². The van der Waals surface area contributed by atoms with Crippen molar-refractivity contribution in [2.24, 2.45) is 4.99 Å². The van der Waals surface area contributed by atoms with E-state index in [-0.39, 0.29) is 29.9 Å². The maximum absolute atomic E-state index is 12.2. The van der Waals surface area contributed by atoms with Gasteiger partial charge in [-0.05, 0) is 50.6 Å². The molecule has 170 valence electrons. The lowest BCUT2D eigenvalue weighted by Gasteiger charge is -2.15. The lowest BCUT2D eigenvalue weighted by molar-refractivity contribution is 0.0954. The average Bonchev–Trinajstić information content (AvgIpc) is 3.11. The van der Waals surface area contributed by atoms with Crippen LogP contribution in [0.1, 0.15) is 32.9 Å². The normalized spacial score (nSPS) is 10.9. The van der Waals surface area contributed by atoms with E-state index in [1.165, 1.54) is 0 Å². The number of hydrogen-bond acceptors (Lipinski definition) is 3. The van der Waals surface area contributed by atoms with Gasteiger partial charge in [-0.2, -0.15) is 5.10 Å². The lowest BCUT2D eigenvalue weighted by atomic mass is 10.1. The van der Waals surface area contributed by atoms with E-state index in [1.54, 1.807) is 7.05 Å². The van der Waals surface area contributed by atoms with E-state index in [1.807, 2.05) is 54.9 Å². The summed E-state index contributed by atoms with van der Waals surface area (Å²) in [6.45, 7) is 7.68. The van der Waals surface area contributed by atoms with E-state index in [0.29, 0.717) is 31.2 Å². The third-order valence-corrected chi connectivity index (χ3v) is 4.88. The van der Waals surface area contributed by atoms with Crippen molar-refractivity contribution in [3.8, 4) is 5.69 Å². The second-order valence-electron chi connectivity index (χ2n) is 7.45. The van der Waals surface area contributed by atoms with Crippen LogP contribution in [0.3, 0.4) is 0 Å². The summed E-state index contributed by atoms with van der Waals surface area (Å²) in [7, 11) is 1.73. The highest BCUT2D eigenvalue weighted by molar-refractivity contribution is 14.0. The Balaban J connectivity index is 0.00000363. The molecule has 8 heteroatoms. The largest absolute Gasteiger partial charge is 0.355 e. The number of benzene rings is 2. The summed E-state index contributed by atoms with van der Waals surface area (Å²) in [5, 5.41) is 14.1. The molecule has 3 N–H and O–H groups in total. The molecule has 1 amide bonds. The topological polar surface area (TPSA) is 83.3 Å². The van der Waals surface area contributed by atoms with Gasteiger partial charge in [0.2, 0.25) is 0 Å². The molecule has 0 saturated carbocycles. The van der Waals surface area contributed by atoms with Crippen LogP contribution in [0, 0.1) is 20.8 Å². The van der Waals surface area contributed by atoms with Gasteiger partial charge in [0, 0.05) is 37.9 Å². The molecule has 0 saturated heterocycles. The average molecular weight is 546 g/mol. The van der Waals surface area contributed by atoms with Crippen LogP contribution in [-0.2, 0) is 6.54 Å². The number of guanidine groups is 1. The fraction of sp³-hybridized carbons (Fsp3) is 0.292. The first-order valence-electron chi connectivity index (χ1n) is 10.4. The molecule has 0 aliphatic rings. The second kappa shape index (κ2) is 12.2. The molecular formula is C24H31IN6O. The molecule has 0 aliphatic carbocycles. The molecule has 3 rings (SSSR count). The Morgan fingerprint density at radius 3 is 2.41 bits per heavy atom. The van der Waals surface area contributed by atoms with Gasteiger partial charge in [-0.1, -0.05) is 35.9 Å². The van der Waals surface area contributed by atoms with Gasteiger partial charge >= 0.3 is 0 Å². The molecule has 0 atom stereocenters. The number of para-hydroxylation sites is 1. The summed E-state index contributed by atoms with van der Waals surface area (Å²) < 4.78 is 1.96. The first-order chi connectivity index (χ1) is 15.0. The molecule has 0 fully saturated rings. The molecule has 0 aliphatic heterocycles. The van der Waals surface area contributed by atoms with Crippen LogP contribution in [0.4, 0.5) is 0 Å². The summed E-state index contributed by atoms with van der Waals surface area (Å²) >= 11 is 0. The Bertz CT molecular complexity index is 1080. The van der Waals surface area contributed by atoms with Crippen molar-refractivity contribution in [2.45, 2.75) is 27.3 Å². The molecule has 1 heterocycles. The number of carbonyl (C=O) groups is 1. The number of aliphatic imine (C=N–C) groups is 1. The van der Waals surface area contributed by atoms with Crippen LogP contribution in [-0.4, -0.2) is 41.8 Å². The number of hydrogen-bond donors (Lipinski definition) is 3.